The predicted octanol–water partition coefficient (Wildman–Crippen LogP) is 8.42. The summed E-state index contributed by atoms with van der Waals surface area (Å²) in [6.45, 7) is 6.22. The van der Waals surface area contributed by atoms with Crippen LogP contribution in [0.3, 0.4) is 0 Å². The van der Waals surface area contributed by atoms with Gasteiger partial charge in [-0.05, 0) is 116 Å². The molecule has 0 bridgehead atoms. The minimum Gasteiger partial charge on any atom is -0.348 e. The highest BCUT2D eigenvalue weighted by atomic mass is 35.5. The summed E-state index contributed by atoms with van der Waals surface area (Å²) >= 11 is 17.8. The number of benzene rings is 4. The lowest BCUT2D eigenvalue weighted by molar-refractivity contribution is 0.0941. The second kappa shape index (κ2) is 17.2. The molecule has 0 radical (unpaired) electrons. The van der Waals surface area contributed by atoms with Crippen LogP contribution in [0, 0.1) is 20.8 Å². The van der Waals surface area contributed by atoms with Gasteiger partial charge < -0.3 is 10.6 Å². The molecule has 0 aliphatic rings. The number of pyridine rings is 2. The molecule has 11 heteroatoms. The van der Waals surface area contributed by atoms with E-state index in [0.29, 0.717) is 39.5 Å². The van der Waals surface area contributed by atoms with Crippen LogP contribution in [0.2, 0.25) is 15.1 Å². The molecular weight excluding hydrogens is 719 g/mol. The fraction of sp³-hybridized carbons (Fsp3) is 0.122. The highest BCUT2D eigenvalue weighted by Crippen LogP contribution is 2.16. The standard InChI is InChI=1S/C21H19ClN2O2.C20H16Cl2N2O2/c1-14-5-3-8-18(11-14)24-15(2)9-10-19(21(24)26)20(25)23-13-16-6-4-7-17(22)12-16;1-13-5-10-18(19(25)23-12-14-6-8-15(21)9-7-14)20(26)24(13)17-4-2-3-16(22)11-17/h3-12H,13H2,1-2H3,(H,23,25);2-11H,12H2,1H3,(H,23,25). The number of carbonyl (C=O) groups excluding carboxylic acids is 2. The van der Waals surface area contributed by atoms with Crippen molar-refractivity contribution in [2.24, 2.45) is 0 Å². The summed E-state index contributed by atoms with van der Waals surface area (Å²) in [5.41, 5.74) is 5.12. The van der Waals surface area contributed by atoms with Gasteiger partial charge in [0.05, 0.1) is 5.69 Å². The van der Waals surface area contributed by atoms with Crippen LogP contribution in [0.1, 0.15) is 48.8 Å². The molecule has 264 valence electrons. The summed E-state index contributed by atoms with van der Waals surface area (Å²) in [6.07, 6.45) is 0. The van der Waals surface area contributed by atoms with Crippen molar-refractivity contribution in [3.8, 4) is 11.4 Å². The number of hydrogen-bond donors (Lipinski definition) is 2. The monoisotopic (exact) mass is 752 g/mol. The SMILES string of the molecule is Cc1ccc(C(=O)NCc2ccc(Cl)cc2)c(=O)n1-c1cccc(Cl)c1.Cc1cccc(-n2c(C)ccc(C(=O)NCc3cccc(Cl)c3)c2=O)c1. The average molecular weight is 754 g/mol. The van der Waals surface area contributed by atoms with Gasteiger partial charge in [-0.25, -0.2) is 0 Å². The Morgan fingerprint density at radius 3 is 1.52 bits per heavy atom. The van der Waals surface area contributed by atoms with Crippen molar-refractivity contribution in [2.75, 3.05) is 0 Å². The Balaban J connectivity index is 0.000000201. The third-order valence-corrected chi connectivity index (χ3v) is 8.80. The van der Waals surface area contributed by atoms with Crippen molar-refractivity contribution in [2.45, 2.75) is 33.9 Å². The number of aromatic nitrogens is 2. The zero-order valence-corrected chi connectivity index (χ0v) is 30.9. The van der Waals surface area contributed by atoms with Crippen LogP contribution in [0.15, 0.2) is 131 Å². The fourth-order valence-corrected chi connectivity index (χ4v) is 5.96. The maximum absolute atomic E-state index is 12.9. The molecule has 8 nitrogen and oxygen atoms in total. The molecule has 0 aliphatic heterocycles. The average Bonchev–Trinajstić information content (AvgIpc) is 3.11. The third kappa shape index (κ3) is 9.47. The van der Waals surface area contributed by atoms with Crippen molar-refractivity contribution in [3.05, 3.63) is 196 Å². The molecule has 6 aromatic rings. The van der Waals surface area contributed by atoms with Gasteiger partial charge in [-0.1, -0.05) is 77.3 Å². The van der Waals surface area contributed by atoms with Crippen LogP contribution in [0.5, 0.6) is 0 Å². The maximum Gasteiger partial charge on any atom is 0.268 e. The predicted molar refractivity (Wildman–Crippen MR) is 209 cm³/mol. The van der Waals surface area contributed by atoms with E-state index in [1.165, 1.54) is 10.6 Å². The van der Waals surface area contributed by atoms with Crippen LogP contribution >= 0.6 is 34.8 Å². The van der Waals surface area contributed by atoms with Gasteiger partial charge in [0.15, 0.2) is 0 Å². The lowest BCUT2D eigenvalue weighted by Crippen LogP contribution is -2.33. The number of amides is 2. The molecule has 2 amide bonds. The molecule has 2 heterocycles. The van der Waals surface area contributed by atoms with Crippen molar-refractivity contribution >= 4 is 46.6 Å². The van der Waals surface area contributed by atoms with Crippen molar-refractivity contribution in [1.29, 1.82) is 0 Å². The molecule has 52 heavy (non-hydrogen) atoms. The van der Waals surface area contributed by atoms with Crippen LogP contribution in [0.25, 0.3) is 11.4 Å². The summed E-state index contributed by atoms with van der Waals surface area (Å²) in [6, 6.07) is 35.6. The first-order chi connectivity index (χ1) is 24.9. The maximum atomic E-state index is 12.9. The number of carbonyl (C=O) groups is 2. The molecular formula is C41H35Cl3N4O4. The normalized spacial score (nSPS) is 10.6. The Bertz CT molecular complexity index is 2370. The Morgan fingerprint density at radius 1 is 0.519 bits per heavy atom. The highest BCUT2D eigenvalue weighted by molar-refractivity contribution is 6.31. The Hall–Kier alpha value is -5.41. The second-order valence-electron chi connectivity index (χ2n) is 12.0. The number of nitrogens with one attached hydrogen (secondary N) is 2. The van der Waals surface area contributed by atoms with Crippen molar-refractivity contribution in [1.82, 2.24) is 19.8 Å². The Morgan fingerprint density at radius 2 is 1.00 bits per heavy atom. The number of aryl methyl sites for hydroxylation is 3. The smallest absolute Gasteiger partial charge is 0.268 e. The van der Waals surface area contributed by atoms with Gasteiger partial charge in [0.1, 0.15) is 11.1 Å². The Kier molecular flexibility index (Phi) is 12.5. The second-order valence-corrected chi connectivity index (χ2v) is 13.3. The molecule has 0 spiro atoms. The minimum atomic E-state index is -0.430. The van der Waals surface area contributed by atoms with Gasteiger partial charge in [-0.15, -0.1) is 0 Å². The number of hydrogen-bond acceptors (Lipinski definition) is 4. The molecule has 0 unspecified atom stereocenters. The summed E-state index contributed by atoms with van der Waals surface area (Å²) < 4.78 is 3.03. The van der Waals surface area contributed by atoms with E-state index in [1.54, 1.807) is 78.2 Å². The van der Waals surface area contributed by atoms with E-state index < -0.39 is 11.8 Å². The number of nitrogens with zero attached hydrogens (tertiary/aromatic N) is 2. The molecule has 0 fully saturated rings. The molecule has 2 aromatic heterocycles. The van der Waals surface area contributed by atoms with Crippen LogP contribution < -0.4 is 21.8 Å². The fourth-order valence-electron chi connectivity index (χ4n) is 5.43. The van der Waals surface area contributed by atoms with Crippen LogP contribution in [0.4, 0.5) is 0 Å². The van der Waals surface area contributed by atoms with Gasteiger partial charge in [0.2, 0.25) is 0 Å². The largest absolute Gasteiger partial charge is 0.348 e. The highest BCUT2D eigenvalue weighted by Gasteiger charge is 2.16. The van der Waals surface area contributed by atoms with Gasteiger partial charge in [0, 0.05) is 45.2 Å². The molecule has 6 rings (SSSR count). The van der Waals surface area contributed by atoms with E-state index in [1.807, 2.05) is 62.4 Å². The first-order valence-corrected chi connectivity index (χ1v) is 17.4. The van der Waals surface area contributed by atoms with Crippen LogP contribution in [-0.2, 0) is 13.1 Å². The topological polar surface area (TPSA) is 102 Å². The lowest BCUT2D eigenvalue weighted by Gasteiger charge is -2.13. The zero-order valence-electron chi connectivity index (χ0n) is 28.6. The Labute approximate surface area is 316 Å². The summed E-state index contributed by atoms with van der Waals surface area (Å²) in [5.74, 6) is -0.836. The van der Waals surface area contributed by atoms with E-state index in [9.17, 15) is 19.2 Å². The third-order valence-electron chi connectivity index (χ3n) is 8.08. The van der Waals surface area contributed by atoms with Gasteiger partial charge in [-0.2, -0.15) is 0 Å². The van der Waals surface area contributed by atoms with Crippen molar-refractivity contribution in [3.63, 3.8) is 0 Å². The summed E-state index contributed by atoms with van der Waals surface area (Å²) in [4.78, 5) is 50.7. The summed E-state index contributed by atoms with van der Waals surface area (Å²) in [5, 5.41) is 7.30. The summed E-state index contributed by atoms with van der Waals surface area (Å²) in [7, 11) is 0. The first-order valence-electron chi connectivity index (χ1n) is 16.2. The van der Waals surface area contributed by atoms with Crippen LogP contribution in [-0.4, -0.2) is 20.9 Å². The first kappa shape index (κ1) is 37.8. The molecule has 0 saturated carbocycles. The molecule has 0 saturated heterocycles. The van der Waals surface area contributed by atoms with E-state index in [0.717, 1.165) is 28.1 Å². The quantitative estimate of drug-likeness (QED) is 0.163. The molecule has 2 N–H and O–H groups in total. The zero-order chi connectivity index (χ0) is 37.4. The van der Waals surface area contributed by atoms with Gasteiger partial charge in [-0.3, -0.25) is 28.3 Å². The number of halogens is 3. The minimum absolute atomic E-state index is 0.0736. The van der Waals surface area contributed by atoms with E-state index >= 15 is 0 Å². The molecule has 4 aromatic carbocycles. The van der Waals surface area contributed by atoms with Gasteiger partial charge in [0.25, 0.3) is 22.9 Å². The molecule has 0 aliphatic carbocycles. The number of rotatable bonds is 8. The van der Waals surface area contributed by atoms with E-state index in [-0.39, 0.29) is 22.2 Å². The van der Waals surface area contributed by atoms with Crippen molar-refractivity contribution < 1.29 is 9.59 Å². The lowest BCUT2D eigenvalue weighted by atomic mass is 10.1. The molecule has 0 atom stereocenters. The van der Waals surface area contributed by atoms with E-state index in [2.05, 4.69) is 10.6 Å². The van der Waals surface area contributed by atoms with E-state index in [4.69, 9.17) is 34.8 Å². The van der Waals surface area contributed by atoms with Gasteiger partial charge >= 0.3 is 0 Å².